The fourth-order valence-electron chi connectivity index (χ4n) is 1.94. The molecule has 1 amide bonds. The highest BCUT2D eigenvalue weighted by molar-refractivity contribution is 5.67. The van der Waals surface area contributed by atoms with Crippen LogP contribution in [0.15, 0.2) is 0 Å². The second-order valence-corrected chi connectivity index (χ2v) is 5.51. The summed E-state index contributed by atoms with van der Waals surface area (Å²) >= 11 is 0. The number of aliphatic hydroxyl groups is 1. The van der Waals surface area contributed by atoms with Crippen LogP contribution >= 0.6 is 0 Å². The quantitative estimate of drug-likeness (QED) is 0.786. The molecule has 1 aliphatic heterocycles. The van der Waals surface area contributed by atoms with Gasteiger partial charge in [-0.25, -0.2) is 4.79 Å². The van der Waals surface area contributed by atoms with Crippen molar-refractivity contribution in [1.29, 1.82) is 0 Å². The van der Waals surface area contributed by atoms with E-state index in [9.17, 15) is 9.90 Å². The van der Waals surface area contributed by atoms with Gasteiger partial charge in [-0.15, -0.1) is 0 Å². The van der Waals surface area contributed by atoms with Crippen LogP contribution in [0, 0.1) is 5.92 Å². The van der Waals surface area contributed by atoms with Crippen LogP contribution in [-0.4, -0.2) is 42.2 Å². The zero-order valence-electron chi connectivity index (χ0n) is 11.0. The van der Waals surface area contributed by atoms with Gasteiger partial charge in [0.25, 0.3) is 0 Å². The molecule has 0 saturated carbocycles. The fraction of sp³-hybridized carbons (Fsp3) is 0.917. The summed E-state index contributed by atoms with van der Waals surface area (Å²) in [6, 6.07) is 0. The van der Waals surface area contributed by atoms with Crippen LogP contribution < -0.4 is 5.32 Å². The first-order valence-corrected chi connectivity index (χ1v) is 6.06. The zero-order chi connectivity index (χ0) is 13.1. The molecular weight excluding hydrogens is 222 g/mol. The van der Waals surface area contributed by atoms with Crippen LogP contribution in [0.25, 0.3) is 0 Å². The molecule has 5 nitrogen and oxygen atoms in total. The van der Waals surface area contributed by atoms with Gasteiger partial charge in [0.15, 0.2) is 0 Å². The van der Waals surface area contributed by atoms with Gasteiger partial charge < -0.3 is 19.9 Å². The molecule has 5 heteroatoms. The lowest BCUT2D eigenvalue weighted by Gasteiger charge is -2.23. The largest absolute Gasteiger partial charge is 0.444 e. The number of carbonyl (C=O) groups is 1. The summed E-state index contributed by atoms with van der Waals surface area (Å²) in [5, 5.41) is 12.2. The third-order valence-corrected chi connectivity index (χ3v) is 2.65. The van der Waals surface area contributed by atoms with E-state index in [1.165, 1.54) is 0 Å². The Balaban J connectivity index is 2.33. The summed E-state index contributed by atoms with van der Waals surface area (Å²) in [4.78, 5) is 11.5. The van der Waals surface area contributed by atoms with Crippen molar-refractivity contribution in [2.75, 3.05) is 13.2 Å². The number of hydrogen-bond donors (Lipinski definition) is 2. The molecule has 0 aromatic carbocycles. The van der Waals surface area contributed by atoms with Crippen molar-refractivity contribution >= 4 is 6.09 Å². The van der Waals surface area contributed by atoms with E-state index < -0.39 is 17.8 Å². The molecule has 0 aliphatic carbocycles. The van der Waals surface area contributed by atoms with Crippen molar-refractivity contribution in [1.82, 2.24) is 5.32 Å². The summed E-state index contributed by atoms with van der Waals surface area (Å²) in [6.07, 6.45) is -0.271. The molecule has 17 heavy (non-hydrogen) atoms. The SMILES string of the molecule is C[C@H](O)C1OCC[C@H]1CNC(=O)OC(C)(C)C. The summed E-state index contributed by atoms with van der Waals surface area (Å²) in [5.41, 5.74) is -0.486. The first-order valence-electron chi connectivity index (χ1n) is 6.06. The van der Waals surface area contributed by atoms with E-state index in [2.05, 4.69) is 5.32 Å². The van der Waals surface area contributed by atoms with E-state index in [1.54, 1.807) is 6.92 Å². The fourth-order valence-corrected chi connectivity index (χ4v) is 1.94. The molecule has 0 aromatic heterocycles. The Morgan fingerprint density at radius 3 is 2.76 bits per heavy atom. The van der Waals surface area contributed by atoms with Crippen LogP contribution in [0.5, 0.6) is 0 Å². The summed E-state index contributed by atoms with van der Waals surface area (Å²) in [6.45, 7) is 8.29. The minimum atomic E-state index is -0.511. The molecule has 0 aromatic rings. The van der Waals surface area contributed by atoms with Gasteiger partial charge in [0.1, 0.15) is 5.60 Å². The Morgan fingerprint density at radius 1 is 1.59 bits per heavy atom. The Morgan fingerprint density at radius 2 is 2.24 bits per heavy atom. The van der Waals surface area contributed by atoms with Gasteiger partial charge in [0.2, 0.25) is 0 Å². The summed E-state index contributed by atoms with van der Waals surface area (Å²) in [5.74, 6) is 0.155. The van der Waals surface area contributed by atoms with Crippen LogP contribution in [0.1, 0.15) is 34.1 Å². The smallest absolute Gasteiger partial charge is 0.407 e. The number of aliphatic hydroxyl groups excluding tert-OH is 1. The Labute approximate surface area is 102 Å². The molecule has 0 radical (unpaired) electrons. The number of rotatable bonds is 3. The Bertz CT molecular complexity index is 260. The van der Waals surface area contributed by atoms with Crippen LogP contribution in [-0.2, 0) is 9.47 Å². The van der Waals surface area contributed by atoms with Crippen LogP contribution in [0.2, 0.25) is 0 Å². The third kappa shape index (κ3) is 4.91. The topological polar surface area (TPSA) is 67.8 Å². The second-order valence-electron chi connectivity index (χ2n) is 5.51. The lowest BCUT2D eigenvalue weighted by Crippen LogP contribution is -2.39. The van der Waals surface area contributed by atoms with Gasteiger partial charge in [-0.2, -0.15) is 0 Å². The second kappa shape index (κ2) is 5.69. The maximum absolute atomic E-state index is 11.5. The normalized spacial score (nSPS) is 26.6. The number of alkyl carbamates (subject to hydrolysis) is 1. The van der Waals surface area contributed by atoms with Crippen LogP contribution in [0.3, 0.4) is 0 Å². The monoisotopic (exact) mass is 245 g/mol. The van der Waals surface area contributed by atoms with Gasteiger partial charge in [0, 0.05) is 19.1 Å². The van der Waals surface area contributed by atoms with Crippen molar-refractivity contribution < 1.29 is 19.4 Å². The molecule has 0 spiro atoms. The van der Waals surface area contributed by atoms with Crippen molar-refractivity contribution in [2.45, 2.75) is 51.9 Å². The van der Waals surface area contributed by atoms with E-state index in [0.29, 0.717) is 13.2 Å². The number of hydrogen-bond acceptors (Lipinski definition) is 4. The summed E-state index contributed by atoms with van der Waals surface area (Å²) < 4.78 is 10.6. The molecule has 3 atom stereocenters. The third-order valence-electron chi connectivity index (χ3n) is 2.65. The van der Waals surface area contributed by atoms with Crippen molar-refractivity contribution in [3.63, 3.8) is 0 Å². The van der Waals surface area contributed by atoms with E-state index in [4.69, 9.17) is 9.47 Å². The molecule has 1 unspecified atom stereocenters. The molecule has 100 valence electrons. The molecule has 1 fully saturated rings. The maximum Gasteiger partial charge on any atom is 0.407 e. The van der Waals surface area contributed by atoms with E-state index in [0.717, 1.165) is 6.42 Å². The molecule has 1 aliphatic rings. The van der Waals surface area contributed by atoms with Crippen LogP contribution in [0.4, 0.5) is 4.79 Å². The van der Waals surface area contributed by atoms with Crippen molar-refractivity contribution in [2.24, 2.45) is 5.92 Å². The Hall–Kier alpha value is -0.810. The highest BCUT2D eigenvalue weighted by Gasteiger charge is 2.32. The van der Waals surface area contributed by atoms with Gasteiger partial charge in [-0.3, -0.25) is 0 Å². The van der Waals surface area contributed by atoms with E-state index >= 15 is 0 Å². The predicted octanol–water partition coefficient (Wildman–Crippen LogP) is 1.30. The average Bonchev–Trinajstić information content (AvgIpc) is 2.59. The minimum Gasteiger partial charge on any atom is -0.444 e. The maximum atomic E-state index is 11.5. The van der Waals surface area contributed by atoms with E-state index in [1.807, 2.05) is 20.8 Å². The first-order chi connectivity index (χ1) is 7.79. The molecular formula is C12H23NO4. The lowest BCUT2D eigenvalue weighted by molar-refractivity contribution is -0.0102. The molecule has 0 bridgehead atoms. The highest BCUT2D eigenvalue weighted by atomic mass is 16.6. The zero-order valence-corrected chi connectivity index (χ0v) is 11.0. The molecule has 1 heterocycles. The molecule has 1 rings (SSSR count). The van der Waals surface area contributed by atoms with Crippen molar-refractivity contribution in [3.05, 3.63) is 0 Å². The standard InChI is InChI=1S/C12H23NO4/c1-8(14)10-9(5-6-16-10)7-13-11(15)17-12(2,3)4/h8-10,14H,5-7H2,1-4H3,(H,13,15)/t8-,9-,10?/m0/s1. The Kier molecular flexibility index (Phi) is 4.77. The van der Waals surface area contributed by atoms with Gasteiger partial charge in [-0.1, -0.05) is 0 Å². The molecule has 1 saturated heterocycles. The molecule has 2 N–H and O–H groups in total. The van der Waals surface area contributed by atoms with Gasteiger partial charge in [-0.05, 0) is 34.1 Å². The average molecular weight is 245 g/mol. The lowest BCUT2D eigenvalue weighted by atomic mass is 9.98. The number of nitrogens with one attached hydrogen (secondary N) is 1. The number of ether oxygens (including phenoxy) is 2. The van der Waals surface area contributed by atoms with Gasteiger partial charge in [0.05, 0.1) is 12.2 Å². The minimum absolute atomic E-state index is 0.155. The number of carbonyl (C=O) groups excluding carboxylic acids is 1. The van der Waals surface area contributed by atoms with Gasteiger partial charge >= 0.3 is 6.09 Å². The van der Waals surface area contributed by atoms with Crippen molar-refractivity contribution in [3.8, 4) is 0 Å². The highest BCUT2D eigenvalue weighted by Crippen LogP contribution is 2.23. The predicted molar refractivity (Wildman–Crippen MR) is 63.8 cm³/mol. The summed E-state index contributed by atoms with van der Waals surface area (Å²) in [7, 11) is 0. The van der Waals surface area contributed by atoms with E-state index in [-0.39, 0.29) is 12.0 Å². The first kappa shape index (κ1) is 14.3. The number of amides is 1.